The number of nitrogen functional groups attached to an aromatic ring is 1. The van der Waals surface area contributed by atoms with Gasteiger partial charge < -0.3 is 15.4 Å². The summed E-state index contributed by atoms with van der Waals surface area (Å²) in [5, 5.41) is 14.5. The van der Waals surface area contributed by atoms with E-state index in [0.717, 1.165) is 5.56 Å². The van der Waals surface area contributed by atoms with Gasteiger partial charge in [-0.15, -0.1) is 0 Å². The predicted molar refractivity (Wildman–Crippen MR) is 80.1 cm³/mol. The Morgan fingerprint density at radius 1 is 1.14 bits per heavy atom. The first-order valence-electron chi connectivity index (χ1n) is 6.29. The number of aromatic nitrogens is 2. The van der Waals surface area contributed by atoms with Gasteiger partial charge in [-0.2, -0.15) is 4.98 Å². The summed E-state index contributed by atoms with van der Waals surface area (Å²) in [5.41, 5.74) is 7.23. The normalized spacial score (nSPS) is 10.7. The number of nitrogens with zero attached hydrogens (tertiary/aromatic N) is 2. The van der Waals surface area contributed by atoms with Crippen LogP contribution in [-0.2, 0) is 6.42 Å². The van der Waals surface area contributed by atoms with Gasteiger partial charge in [0.05, 0.1) is 11.3 Å². The van der Waals surface area contributed by atoms with Crippen LogP contribution in [0.2, 0.25) is 5.02 Å². The second-order valence-corrected chi connectivity index (χ2v) is 4.93. The minimum Gasteiger partial charge on any atom is -0.505 e. The summed E-state index contributed by atoms with van der Waals surface area (Å²) in [5.74, 6) is 0.646. The second-order valence-electron chi connectivity index (χ2n) is 4.53. The SMILES string of the molecule is Nc1cccc(-c2nc(Cc3ccccc3Cl)no2)c1O. The molecule has 0 spiro atoms. The molecule has 1 heterocycles. The highest BCUT2D eigenvalue weighted by molar-refractivity contribution is 6.31. The Bertz CT molecular complexity index is 786. The highest BCUT2D eigenvalue weighted by atomic mass is 35.5. The zero-order chi connectivity index (χ0) is 14.8. The Morgan fingerprint density at radius 3 is 2.76 bits per heavy atom. The number of benzene rings is 2. The van der Waals surface area contributed by atoms with Crippen molar-refractivity contribution in [2.75, 3.05) is 5.73 Å². The van der Waals surface area contributed by atoms with E-state index in [1.807, 2.05) is 24.3 Å². The molecule has 0 unspecified atom stereocenters. The average Bonchev–Trinajstić information content (AvgIpc) is 2.93. The molecule has 0 bridgehead atoms. The van der Waals surface area contributed by atoms with E-state index in [4.69, 9.17) is 21.9 Å². The molecule has 6 heteroatoms. The number of aromatic hydroxyl groups is 1. The molecular formula is C15H12ClN3O2. The van der Waals surface area contributed by atoms with E-state index in [0.29, 0.717) is 22.8 Å². The number of rotatable bonds is 3. The van der Waals surface area contributed by atoms with Gasteiger partial charge in [0.1, 0.15) is 0 Å². The van der Waals surface area contributed by atoms with Gasteiger partial charge in [0, 0.05) is 11.4 Å². The van der Waals surface area contributed by atoms with Crippen LogP contribution in [0.25, 0.3) is 11.5 Å². The molecule has 106 valence electrons. The molecule has 0 saturated carbocycles. The highest BCUT2D eigenvalue weighted by Gasteiger charge is 2.15. The van der Waals surface area contributed by atoms with Crippen molar-refractivity contribution in [1.82, 2.24) is 10.1 Å². The molecule has 0 aliphatic rings. The van der Waals surface area contributed by atoms with E-state index >= 15 is 0 Å². The molecule has 0 saturated heterocycles. The van der Waals surface area contributed by atoms with Crippen molar-refractivity contribution in [3.05, 3.63) is 58.9 Å². The van der Waals surface area contributed by atoms with Gasteiger partial charge in [0.2, 0.25) is 0 Å². The van der Waals surface area contributed by atoms with Crippen LogP contribution in [0.15, 0.2) is 47.0 Å². The van der Waals surface area contributed by atoms with Gasteiger partial charge in [-0.3, -0.25) is 0 Å². The Kier molecular flexibility index (Phi) is 3.50. The number of anilines is 1. The number of phenols is 1. The van der Waals surface area contributed by atoms with Crippen molar-refractivity contribution in [3.8, 4) is 17.2 Å². The maximum Gasteiger partial charge on any atom is 0.261 e. The summed E-state index contributed by atoms with van der Waals surface area (Å²) < 4.78 is 5.18. The minimum absolute atomic E-state index is 0.0644. The lowest BCUT2D eigenvalue weighted by Gasteiger charge is -2.01. The van der Waals surface area contributed by atoms with Gasteiger partial charge >= 0.3 is 0 Å². The molecule has 3 aromatic rings. The summed E-state index contributed by atoms with van der Waals surface area (Å²) in [4.78, 5) is 4.27. The third-order valence-electron chi connectivity index (χ3n) is 3.07. The molecule has 3 N–H and O–H groups in total. The van der Waals surface area contributed by atoms with Crippen molar-refractivity contribution in [3.63, 3.8) is 0 Å². The Hall–Kier alpha value is -2.53. The van der Waals surface area contributed by atoms with Crippen LogP contribution in [0.1, 0.15) is 11.4 Å². The van der Waals surface area contributed by atoms with Crippen LogP contribution in [-0.4, -0.2) is 15.2 Å². The Balaban J connectivity index is 1.90. The largest absolute Gasteiger partial charge is 0.505 e. The van der Waals surface area contributed by atoms with Crippen molar-refractivity contribution in [2.45, 2.75) is 6.42 Å². The average molecular weight is 302 g/mol. The Morgan fingerprint density at radius 2 is 1.95 bits per heavy atom. The molecule has 21 heavy (non-hydrogen) atoms. The lowest BCUT2D eigenvalue weighted by Crippen LogP contribution is -1.92. The molecule has 0 atom stereocenters. The van der Waals surface area contributed by atoms with Gasteiger partial charge in [-0.05, 0) is 23.8 Å². The minimum atomic E-state index is -0.0644. The number of hydrogen-bond acceptors (Lipinski definition) is 5. The van der Waals surface area contributed by atoms with E-state index in [1.165, 1.54) is 0 Å². The topological polar surface area (TPSA) is 85.2 Å². The first-order valence-corrected chi connectivity index (χ1v) is 6.67. The number of phenolic OH excluding ortho intramolecular Hbond substituents is 1. The first kappa shape index (κ1) is 13.5. The molecule has 2 aromatic carbocycles. The fourth-order valence-corrected chi connectivity index (χ4v) is 2.18. The molecule has 0 radical (unpaired) electrons. The van der Waals surface area contributed by atoms with E-state index in [9.17, 15) is 5.11 Å². The van der Waals surface area contributed by atoms with E-state index in [2.05, 4.69) is 10.1 Å². The fraction of sp³-hybridized carbons (Fsp3) is 0.0667. The molecule has 1 aromatic heterocycles. The molecule has 0 aliphatic carbocycles. The zero-order valence-electron chi connectivity index (χ0n) is 11.0. The van der Waals surface area contributed by atoms with Gasteiger partial charge in [0.25, 0.3) is 5.89 Å². The lowest BCUT2D eigenvalue weighted by atomic mass is 10.1. The summed E-state index contributed by atoms with van der Waals surface area (Å²) in [6.07, 6.45) is 0.451. The molecule has 5 nitrogen and oxygen atoms in total. The van der Waals surface area contributed by atoms with Crippen LogP contribution < -0.4 is 5.73 Å². The first-order chi connectivity index (χ1) is 10.1. The number of hydrogen-bond donors (Lipinski definition) is 2. The number of para-hydroxylation sites is 1. The van der Waals surface area contributed by atoms with Crippen LogP contribution in [0.3, 0.4) is 0 Å². The van der Waals surface area contributed by atoms with Crippen LogP contribution >= 0.6 is 11.6 Å². The molecule has 0 fully saturated rings. The molecular weight excluding hydrogens is 290 g/mol. The summed E-state index contributed by atoms with van der Waals surface area (Å²) in [7, 11) is 0. The predicted octanol–water partition coefficient (Wildman–Crippen LogP) is 3.27. The Labute approximate surface area is 126 Å². The van der Waals surface area contributed by atoms with E-state index in [1.54, 1.807) is 18.2 Å². The fourth-order valence-electron chi connectivity index (χ4n) is 1.98. The van der Waals surface area contributed by atoms with Crippen molar-refractivity contribution < 1.29 is 9.63 Å². The molecule has 0 amide bonds. The van der Waals surface area contributed by atoms with Crippen molar-refractivity contribution in [2.24, 2.45) is 0 Å². The number of halogens is 1. The van der Waals surface area contributed by atoms with Crippen molar-refractivity contribution >= 4 is 17.3 Å². The van der Waals surface area contributed by atoms with Crippen LogP contribution in [0, 0.1) is 0 Å². The van der Waals surface area contributed by atoms with Gasteiger partial charge in [0.15, 0.2) is 11.6 Å². The smallest absolute Gasteiger partial charge is 0.261 e. The summed E-state index contributed by atoms with van der Waals surface area (Å²) in [6.45, 7) is 0. The standard InChI is InChI=1S/C15H12ClN3O2/c16-11-6-2-1-4-9(11)8-13-18-15(21-19-13)10-5-3-7-12(17)14(10)20/h1-7,20H,8,17H2. The van der Waals surface area contributed by atoms with Crippen molar-refractivity contribution in [1.29, 1.82) is 0 Å². The third-order valence-corrected chi connectivity index (χ3v) is 3.44. The van der Waals surface area contributed by atoms with Gasteiger partial charge in [-0.1, -0.05) is 41.0 Å². The maximum atomic E-state index is 9.92. The van der Waals surface area contributed by atoms with Crippen LogP contribution in [0.4, 0.5) is 5.69 Å². The zero-order valence-corrected chi connectivity index (χ0v) is 11.7. The van der Waals surface area contributed by atoms with Crippen LogP contribution in [0.5, 0.6) is 5.75 Å². The third kappa shape index (κ3) is 2.68. The molecule has 0 aliphatic heterocycles. The van der Waals surface area contributed by atoms with E-state index in [-0.39, 0.29) is 17.3 Å². The second kappa shape index (κ2) is 5.46. The number of nitrogens with two attached hydrogens (primary N) is 1. The lowest BCUT2D eigenvalue weighted by molar-refractivity contribution is 0.419. The quantitative estimate of drug-likeness (QED) is 0.573. The monoisotopic (exact) mass is 301 g/mol. The summed E-state index contributed by atoms with van der Waals surface area (Å²) in [6, 6.07) is 12.4. The molecule has 3 rings (SSSR count). The van der Waals surface area contributed by atoms with E-state index < -0.39 is 0 Å². The highest BCUT2D eigenvalue weighted by Crippen LogP contribution is 2.32. The summed E-state index contributed by atoms with van der Waals surface area (Å²) >= 11 is 6.10. The van der Waals surface area contributed by atoms with Gasteiger partial charge in [-0.25, -0.2) is 0 Å². The maximum absolute atomic E-state index is 9.92.